The van der Waals surface area contributed by atoms with Crippen LogP contribution in [0.5, 0.6) is 0 Å². The number of carbonyl (C=O) groups excluding carboxylic acids is 2. The lowest BCUT2D eigenvalue weighted by Crippen LogP contribution is -2.34. The third kappa shape index (κ3) is 5.19. The largest absolute Gasteiger partial charge is 0.355 e. The fourth-order valence-electron chi connectivity index (χ4n) is 2.85. The molecule has 1 aliphatic heterocycles. The zero-order valence-electron chi connectivity index (χ0n) is 12.2. The molecule has 1 aliphatic rings. The lowest BCUT2D eigenvalue weighted by molar-refractivity contribution is -0.134. The Labute approximate surface area is 111 Å². The summed E-state index contributed by atoms with van der Waals surface area (Å²) in [4.78, 5) is 24.0. The number of hydrogen-bond acceptors (Lipinski definition) is 2. The molecule has 0 aliphatic carbocycles. The van der Waals surface area contributed by atoms with E-state index < -0.39 is 5.92 Å². The first kappa shape index (κ1) is 15.2. The van der Waals surface area contributed by atoms with Crippen molar-refractivity contribution in [1.29, 1.82) is 0 Å². The summed E-state index contributed by atoms with van der Waals surface area (Å²) in [5.41, 5.74) is 0.241. The molecule has 1 rings (SSSR count). The van der Waals surface area contributed by atoms with Crippen molar-refractivity contribution in [2.45, 2.75) is 59.8 Å². The summed E-state index contributed by atoms with van der Waals surface area (Å²) >= 11 is 0. The zero-order valence-corrected chi connectivity index (χ0v) is 12.2. The van der Waals surface area contributed by atoms with Crippen molar-refractivity contribution < 1.29 is 9.59 Å². The Balaban J connectivity index is 2.50. The standard InChI is InChI=1S/C15H27NO2/c1-11(10-15(2,3)4)9-13(17)12-7-5-6-8-16-14(12)18/h11-12H,5-10H2,1-4H3,(H,16,18). The van der Waals surface area contributed by atoms with Crippen molar-refractivity contribution in [3.63, 3.8) is 0 Å². The number of hydrogen-bond donors (Lipinski definition) is 1. The van der Waals surface area contributed by atoms with Crippen LogP contribution in [0, 0.1) is 17.3 Å². The first-order chi connectivity index (χ1) is 8.29. The van der Waals surface area contributed by atoms with Crippen LogP contribution in [-0.2, 0) is 9.59 Å². The quantitative estimate of drug-likeness (QED) is 0.783. The topological polar surface area (TPSA) is 46.2 Å². The minimum atomic E-state index is -0.394. The third-order valence-electron chi connectivity index (χ3n) is 3.43. The van der Waals surface area contributed by atoms with E-state index in [0.717, 1.165) is 32.2 Å². The summed E-state index contributed by atoms with van der Waals surface area (Å²) in [6.45, 7) is 9.39. The van der Waals surface area contributed by atoms with E-state index in [1.165, 1.54) is 0 Å². The molecule has 2 unspecified atom stereocenters. The summed E-state index contributed by atoms with van der Waals surface area (Å²) in [5, 5.41) is 2.84. The molecule has 0 saturated carbocycles. The number of rotatable bonds is 4. The molecule has 0 aromatic carbocycles. The molecule has 18 heavy (non-hydrogen) atoms. The molecule has 3 heteroatoms. The Morgan fingerprint density at radius 1 is 1.39 bits per heavy atom. The van der Waals surface area contributed by atoms with Gasteiger partial charge in [-0.15, -0.1) is 0 Å². The molecule has 1 heterocycles. The van der Waals surface area contributed by atoms with Gasteiger partial charge in [-0.3, -0.25) is 9.59 Å². The van der Waals surface area contributed by atoms with Crippen molar-refractivity contribution in [3.8, 4) is 0 Å². The van der Waals surface area contributed by atoms with Crippen molar-refractivity contribution in [1.82, 2.24) is 5.32 Å². The van der Waals surface area contributed by atoms with E-state index in [4.69, 9.17) is 0 Å². The maximum atomic E-state index is 12.2. The molecule has 1 amide bonds. The molecule has 104 valence electrons. The molecule has 2 atom stereocenters. The van der Waals surface area contributed by atoms with Gasteiger partial charge in [-0.25, -0.2) is 0 Å². The summed E-state index contributed by atoms with van der Waals surface area (Å²) in [6, 6.07) is 0. The molecule has 1 saturated heterocycles. The number of Topliss-reactive ketones (excluding diaryl/α,β-unsaturated/α-hetero) is 1. The van der Waals surface area contributed by atoms with Gasteiger partial charge in [0, 0.05) is 13.0 Å². The molecule has 0 aromatic rings. The Hall–Kier alpha value is -0.860. The second kappa shape index (κ2) is 6.35. The van der Waals surface area contributed by atoms with Crippen molar-refractivity contribution >= 4 is 11.7 Å². The average molecular weight is 253 g/mol. The molecule has 0 aromatic heterocycles. The Kier molecular flexibility index (Phi) is 5.36. The summed E-state index contributed by atoms with van der Waals surface area (Å²) in [5.74, 6) is 0.0371. The Bertz CT molecular complexity index is 304. The minimum Gasteiger partial charge on any atom is -0.355 e. The number of nitrogens with one attached hydrogen (secondary N) is 1. The van der Waals surface area contributed by atoms with E-state index in [-0.39, 0.29) is 17.1 Å². The van der Waals surface area contributed by atoms with E-state index in [1.54, 1.807) is 0 Å². The second-order valence-corrected chi connectivity index (χ2v) is 6.88. The van der Waals surface area contributed by atoms with E-state index in [1.807, 2.05) is 0 Å². The fraction of sp³-hybridized carbons (Fsp3) is 0.867. The van der Waals surface area contributed by atoms with Crippen molar-refractivity contribution in [2.24, 2.45) is 17.3 Å². The Morgan fingerprint density at radius 2 is 2.06 bits per heavy atom. The van der Waals surface area contributed by atoms with Gasteiger partial charge in [0.2, 0.25) is 5.91 Å². The zero-order chi connectivity index (χ0) is 13.8. The van der Waals surface area contributed by atoms with E-state index >= 15 is 0 Å². The fourth-order valence-corrected chi connectivity index (χ4v) is 2.85. The van der Waals surface area contributed by atoms with Gasteiger partial charge in [-0.05, 0) is 30.6 Å². The SMILES string of the molecule is CC(CC(=O)C1CCCCNC1=O)CC(C)(C)C. The van der Waals surface area contributed by atoms with Crippen LogP contribution in [0.1, 0.15) is 59.8 Å². The van der Waals surface area contributed by atoms with Crippen molar-refractivity contribution in [3.05, 3.63) is 0 Å². The van der Waals surface area contributed by atoms with Gasteiger partial charge < -0.3 is 5.32 Å². The van der Waals surface area contributed by atoms with Gasteiger partial charge >= 0.3 is 0 Å². The first-order valence-electron chi connectivity index (χ1n) is 7.10. The third-order valence-corrected chi connectivity index (χ3v) is 3.43. The summed E-state index contributed by atoms with van der Waals surface area (Å²) < 4.78 is 0. The van der Waals surface area contributed by atoms with E-state index in [0.29, 0.717) is 12.3 Å². The smallest absolute Gasteiger partial charge is 0.230 e. The lowest BCUT2D eigenvalue weighted by atomic mass is 9.81. The van der Waals surface area contributed by atoms with E-state index in [2.05, 4.69) is 33.0 Å². The number of ketones is 1. The Morgan fingerprint density at radius 3 is 2.67 bits per heavy atom. The highest BCUT2D eigenvalue weighted by molar-refractivity contribution is 6.01. The monoisotopic (exact) mass is 253 g/mol. The van der Waals surface area contributed by atoms with Crippen LogP contribution >= 0.6 is 0 Å². The lowest BCUT2D eigenvalue weighted by Gasteiger charge is -2.23. The molecule has 0 spiro atoms. The number of amides is 1. The van der Waals surface area contributed by atoms with Gasteiger partial charge in [0.15, 0.2) is 0 Å². The molecule has 1 N–H and O–H groups in total. The molecular weight excluding hydrogens is 226 g/mol. The van der Waals surface area contributed by atoms with Crippen LogP contribution in [0.3, 0.4) is 0 Å². The average Bonchev–Trinajstić information content (AvgIpc) is 2.39. The predicted octanol–water partition coefficient (Wildman–Crippen LogP) is 2.93. The van der Waals surface area contributed by atoms with Gasteiger partial charge in [-0.2, -0.15) is 0 Å². The van der Waals surface area contributed by atoms with Gasteiger partial charge in [0.1, 0.15) is 5.78 Å². The second-order valence-electron chi connectivity index (χ2n) is 6.88. The van der Waals surface area contributed by atoms with Crippen LogP contribution in [0.15, 0.2) is 0 Å². The van der Waals surface area contributed by atoms with Gasteiger partial charge in [0.25, 0.3) is 0 Å². The molecule has 1 fully saturated rings. The van der Waals surface area contributed by atoms with Crippen LogP contribution < -0.4 is 5.32 Å². The maximum absolute atomic E-state index is 12.2. The molecule has 3 nitrogen and oxygen atoms in total. The first-order valence-corrected chi connectivity index (χ1v) is 7.10. The highest BCUT2D eigenvalue weighted by atomic mass is 16.2. The molecular formula is C15H27NO2. The van der Waals surface area contributed by atoms with Gasteiger partial charge in [0.05, 0.1) is 5.92 Å². The van der Waals surface area contributed by atoms with Crippen LogP contribution in [0.2, 0.25) is 0 Å². The maximum Gasteiger partial charge on any atom is 0.230 e. The van der Waals surface area contributed by atoms with Crippen LogP contribution in [-0.4, -0.2) is 18.2 Å². The molecule has 0 radical (unpaired) electrons. The van der Waals surface area contributed by atoms with E-state index in [9.17, 15) is 9.59 Å². The van der Waals surface area contributed by atoms with Crippen molar-refractivity contribution in [2.75, 3.05) is 6.54 Å². The summed E-state index contributed by atoms with van der Waals surface area (Å²) in [7, 11) is 0. The molecule has 0 bridgehead atoms. The predicted molar refractivity (Wildman–Crippen MR) is 73.2 cm³/mol. The van der Waals surface area contributed by atoms with Crippen LogP contribution in [0.25, 0.3) is 0 Å². The van der Waals surface area contributed by atoms with Gasteiger partial charge in [-0.1, -0.05) is 34.1 Å². The summed E-state index contributed by atoms with van der Waals surface area (Å²) in [6.07, 6.45) is 4.26. The highest BCUT2D eigenvalue weighted by Crippen LogP contribution is 2.27. The number of carbonyl (C=O) groups is 2. The highest BCUT2D eigenvalue weighted by Gasteiger charge is 2.29. The normalized spacial score (nSPS) is 23.1. The minimum absolute atomic E-state index is 0.0551. The van der Waals surface area contributed by atoms with Crippen LogP contribution in [0.4, 0.5) is 0 Å².